The molecule has 0 aliphatic heterocycles. The van der Waals surface area contributed by atoms with E-state index in [1.54, 1.807) is 20.3 Å². The summed E-state index contributed by atoms with van der Waals surface area (Å²) >= 11 is 0. The van der Waals surface area contributed by atoms with Crippen molar-refractivity contribution < 1.29 is 23.0 Å². The minimum absolute atomic E-state index is 0.0844. The summed E-state index contributed by atoms with van der Waals surface area (Å²) in [5.41, 5.74) is 0.533. The summed E-state index contributed by atoms with van der Waals surface area (Å²) in [7, 11) is 3.12. The molecule has 1 amide bonds. The fraction of sp³-hybridized carbons (Fsp3) is 0.278. The second kappa shape index (κ2) is 8.98. The molecule has 0 saturated heterocycles. The van der Waals surface area contributed by atoms with Gasteiger partial charge in [0.1, 0.15) is 17.3 Å². The summed E-state index contributed by atoms with van der Waals surface area (Å²) < 4.78 is 37.3. The Hall–Kier alpha value is -2.67. The van der Waals surface area contributed by atoms with Crippen LogP contribution in [0.25, 0.3) is 0 Å². The number of hydrogen-bond acceptors (Lipinski definition) is 4. The van der Waals surface area contributed by atoms with Gasteiger partial charge in [0.2, 0.25) is 5.91 Å². The van der Waals surface area contributed by atoms with E-state index >= 15 is 0 Å². The number of anilines is 1. The molecule has 0 heterocycles. The Morgan fingerprint density at radius 2 is 1.72 bits per heavy atom. The summed E-state index contributed by atoms with van der Waals surface area (Å²) in [4.78, 5) is 11.8. The van der Waals surface area contributed by atoms with Gasteiger partial charge in [0, 0.05) is 19.5 Å². The van der Waals surface area contributed by atoms with Crippen LogP contribution in [0.3, 0.4) is 0 Å². The maximum atomic E-state index is 13.5. The first-order chi connectivity index (χ1) is 12.0. The summed E-state index contributed by atoms with van der Waals surface area (Å²) in [5.74, 6) is -0.811. The normalized spacial score (nSPS) is 10.4. The van der Waals surface area contributed by atoms with Gasteiger partial charge in [0.25, 0.3) is 0 Å². The van der Waals surface area contributed by atoms with Crippen LogP contribution in [0.15, 0.2) is 36.4 Å². The Bertz CT molecular complexity index is 718. The zero-order valence-electron chi connectivity index (χ0n) is 14.1. The van der Waals surface area contributed by atoms with Crippen LogP contribution in [0.1, 0.15) is 12.0 Å². The SMILES string of the molecule is COc1ccc(CNCCC(=O)Nc2c(F)cccc2F)cc1OC. The lowest BCUT2D eigenvalue weighted by Crippen LogP contribution is -2.22. The molecule has 7 heteroatoms. The van der Waals surface area contributed by atoms with Crippen molar-refractivity contribution in [1.82, 2.24) is 5.32 Å². The van der Waals surface area contributed by atoms with Gasteiger partial charge >= 0.3 is 0 Å². The molecule has 0 aliphatic rings. The fourth-order valence-electron chi connectivity index (χ4n) is 2.24. The van der Waals surface area contributed by atoms with Crippen LogP contribution >= 0.6 is 0 Å². The maximum absolute atomic E-state index is 13.5. The molecule has 25 heavy (non-hydrogen) atoms. The van der Waals surface area contributed by atoms with Gasteiger partial charge in [-0.1, -0.05) is 12.1 Å². The number of ether oxygens (including phenoxy) is 2. The predicted molar refractivity (Wildman–Crippen MR) is 90.9 cm³/mol. The maximum Gasteiger partial charge on any atom is 0.225 e. The molecule has 2 N–H and O–H groups in total. The molecule has 0 unspecified atom stereocenters. The van der Waals surface area contributed by atoms with Crippen LogP contribution in [0, 0.1) is 11.6 Å². The first-order valence-corrected chi connectivity index (χ1v) is 7.70. The highest BCUT2D eigenvalue weighted by Crippen LogP contribution is 2.27. The first-order valence-electron chi connectivity index (χ1n) is 7.70. The van der Waals surface area contributed by atoms with Crippen molar-refractivity contribution in [2.45, 2.75) is 13.0 Å². The fourth-order valence-corrected chi connectivity index (χ4v) is 2.24. The molecule has 2 aromatic carbocycles. The lowest BCUT2D eigenvalue weighted by atomic mass is 10.2. The number of nitrogens with one attached hydrogen (secondary N) is 2. The molecule has 0 aliphatic carbocycles. The van der Waals surface area contributed by atoms with E-state index in [4.69, 9.17) is 9.47 Å². The van der Waals surface area contributed by atoms with Crippen LogP contribution in [0.2, 0.25) is 0 Å². The van der Waals surface area contributed by atoms with E-state index in [9.17, 15) is 13.6 Å². The van der Waals surface area contributed by atoms with Gasteiger partial charge in [-0.2, -0.15) is 0 Å². The third kappa shape index (κ3) is 5.15. The molecule has 0 fully saturated rings. The van der Waals surface area contributed by atoms with Crippen LogP contribution in [0.5, 0.6) is 11.5 Å². The highest BCUT2D eigenvalue weighted by molar-refractivity contribution is 5.91. The average molecular weight is 350 g/mol. The van der Waals surface area contributed by atoms with Crippen molar-refractivity contribution in [3.63, 3.8) is 0 Å². The highest BCUT2D eigenvalue weighted by Gasteiger charge is 2.11. The van der Waals surface area contributed by atoms with E-state index in [2.05, 4.69) is 10.6 Å². The van der Waals surface area contributed by atoms with E-state index in [0.717, 1.165) is 17.7 Å². The van der Waals surface area contributed by atoms with E-state index in [1.807, 2.05) is 12.1 Å². The minimum atomic E-state index is -0.799. The highest BCUT2D eigenvalue weighted by atomic mass is 19.1. The van der Waals surface area contributed by atoms with Gasteiger partial charge in [-0.15, -0.1) is 0 Å². The standard InChI is InChI=1S/C18H20F2N2O3/c1-24-15-7-6-12(10-16(15)25-2)11-21-9-8-17(23)22-18-13(19)4-3-5-14(18)20/h3-7,10,21H,8-9,11H2,1-2H3,(H,22,23). The topological polar surface area (TPSA) is 59.6 Å². The number of carbonyl (C=O) groups is 1. The van der Waals surface area contributed by atoms with Crippen LogP contribution in [0.4, 0.5) is 14.5 Å². The van der Waals surface area contributed by atoms with Crippen molar-refractivity contribution in [1.29, 1.82) is 0 Å². The number of amides is 1. The number of benzene rings is 2. The Kier molecular flexibility index (Phi) is 6.71. The number of carbonyl (C=O) groups excluding carboxylic acids is 1. The molecule has 0 atom stereocenters. The predicted octanol–water partition coefficient (Wildman–Crippen LogP) is 3.10. The molecule has 0 spiro atoms. The molecule has 5 nitrogen and oxygen atoms in total. The molecule has 0 bridgehead atoms. The minimum Gasteiger partial charge on any atom is -0.493 e. The molecule has 0 aromatic heterocycles. The van der Waals surface area contributed by atoms with Crippen molar-refractivity contribution in [2.24, 2.45) is 0 Å². The molecule has 0 radical (unpaired) electrons. The van der Waals surface area contributed by atoms with E-state index in [-0.39, 0.29) is 6.42 Å². The van der Waals surface area contributed by atoms with Gasteiger partial charge in [-0.05, 0) is 29.8 Å². The molecule has 2 aromatic rings. The quantitative estimate of drug-likeness (QED) is 0.719. The average Bonchev–Trinajstić information content (AvgIpc) is 2.61. The third-order valence-electron chi connectivity index (χ3n) is 3.53. The Morgan fingerprint density at radius 3 is 2.36 bits per heavy atom. The lowest BCUT2D eigenvalue weighted by molar-refractivity contribution is -0.116. The number of para-hydroxylation sites is 1. The van der Waals surface area contributed by atoms with Gasteiger partial charge in [0.05, 0.1) is 14.2 Å². The van der Waals surface area contributed by atoms with E-state index in [0.29, 0.717) is 24.6 Å². The second-order valence-electron chi connectivity index (χ2n) is 5.26. The van der Waals surface area contributed by atoms with Gasteiger partial charge in [0.15, 0.2) is 11.5 Å². The van der Waals surface area contributed by atoms with Crippen molar-refractivity contribution in [3.8, 4) is 11.5 Å². The van der Waals surface area contributed by atoms with Crippen LogP contribution < -0.4 is 20.1 Å². The third-order valence-corrected chi connectivity index (χ3v) is 3.53. The molecule has 0 saturated carbocycles. The van der Waals surface area contributed by atoms with Crippen LogP contribution in [-0.4, -0.2) is 26.7 Å². The van der Waals surface area contributed by atoms with Crippen LogP contribution in [-0.2, 0) is 11.3 Å². The molecule has 134 valence electrons. The second-order valence-corrected chi connectivity index (χ2v) is 5.26. The van der Waals surface area contributed by atoms with Crippen molar-refractivity contribution >= 4 is 11.6 Å². The Labute approximate surface area is 144 Å². The molecular weight excluding hydrogens is 330 g/mol. The van der Waals surface area contributed by atoms with Gasteiger partial charge < -0.3 is 20.1 Å². The van der Waals surface area contributed by atoms with E-state index < -0.39 is 23.2 Å². The Balaban J connectivity index is 1.80. The number of hydrogen-bond donors (Lipinski definition) is 2. The molecule has 2 rings (SSSR count). The zero-order valence-corrected chi connectivity index (χ0v) is 14.1. The monoisotopic (exact) mass is 350 g/mol. The summed E-state index contributed by atoms with van der Waals surface area (Å²) in [5, 5.41) is 5.34. The van der Waals surface area contributed by atoms with Crippen molar-refractivity contribution in [3.05, 3.63) is 53.6 Å². The number of halogens is 2. The summed E-state index contributed by atoms with van der Waals surface area (Å²) in [6.45, 7) is 0.873. The Morgan fingerprint density at radius 1 is 1.04 bits per heavy atom. The first kappa shape index (κ1) is 18.7. The smallest absolute Gasteiger partial charge is 0.225 e. The lowest BCUT2D eigenvalue weighted by Gasteiger charge is -2.11. The number of methoxy groups -OCH3 is 2. The summed E-state index contributed by atoms with van der Waals surface area (Å²) in [6, 6.07) is 8.93. The summed E-state index contributed by atoms with van der Waals surface area (Å²) in [6.07, 6.45) is 0.0844. The van der Waals surface area contributed by atoms with Gasteiger partial charge in [-0.3, -0.25) is 4.79 Å². The molecular formula is C18H20F2N2O3. The van der Waals surface area contributed by atoms with Crippen molar-refractivity contribution in [2.75, 3.05) is 26.1 Å². The van der Waals surface area contributed by atoms with E-state index in [1.165, 1.54) is 6.07 Å². The largest absolute Gasteiger partial charge is 0.493 e. The zero-order chi connectivity index (χ0) is 18.2. The number of rotatable bonds is 8. The van der Waals surface area contributed by atoms with Gasteiger partial charge in [-0.25, -0.2) is 8.78 Å².